The van der Waals surface area contributed by atoms with E-state index in [1.165, 1.54) is 12.0 Å². The van der Waals surface area contributed by atoms with Crippen molar-refractivity contribution in [1.82, 2.24) is 9.55 Å². The molecule has 4 nitrogen and oxygen atoms in total. The highest BCUT2D eigenvalue weighted by Gasteiger charge is 2.16. The summed E-state index contributed by atoms with van der Waals surface area (Å²) in [5.41, 5.74) is 2.57. The van der Waals surface area contributed by atoms with E-state index >= 15 is 0 Å². The first-order valence-electron chi connectivity index (χ1n) is 7.22. The highest BCUT2D eigenvalue weighted by atomic mass is 16.1. The lowest BCUT2D eigenvalue weighted by Gasteiger charge is -2.11. The number of carbonyl (C=O) groups excluding carboxylic acids is 1. The molecule has 2 aromatic rings. The molecule has 0 saturated heterocycles. The fourth-order valence-corrected chi connectivity index (χ4v) is 2.59. The number of aromatic nitrogens is 2. The molecule has 2 heterocycles. The number of imidazole rings is 1. The number of aryl methyl sites for hydroxylation is 3. The number of fused-ring (bicyclic) bond motifs is 1. The van der Waals surface area contributed by atoms with E-state index in [9.17, 15) is 4.79 Å². The van der Waals surface area contributed by atoms with Gasteiger partial charge in [0.05, 0.1) is 0 Å². The van der Waals surface area contributed by atoms with Crippen molar-refractivity contribution in [1.29, 1.82) is 0 Å². The molecule has 1 amide bonds. The predicted octanol–water partition coefficient (Wildman–Crippen LogP) is 3.03. The van der Waals surface area contributed by atoms with E-state index in [1.807, 2.05) is 24.4 Å². The van der Waals surface area contributed by atoms with E-state index in [2.05, 4.69) is 27.9 Å². The van der Waals surface area contributed by atoms with Crippen LogP contribution in [-0.2, 0) is 19.4 Å². The maximum Gasteiger partial charge on any atom is 0.275 e. The number of amides is 1. The zero-order chi connectivity index (χ0) is 13.9. The van der Waals surface area contributed by atoms with E-state index in [0.29, 0.717) is 5.69 Å². The molecule has 0 atom stereocenters. The lowest BCUT2D eigenvalue weighted by molar-refractivity contribution is 0.102. The smallest absolute Gasteiger partial charge is 0.275 e. The fourth-order valence-electron chi connectivity index (χ4n) is 2.59. The van der Waals surface area contributed by atoms with Crippen LogP contribution < -0.4 is 5.32 Å². The van der Waals surface area contributed by atoms with Gasteiger partial charge in [0, 0.05) is 24.8 Å². The van der Waals surface area contributed by atoms with Crippen LogP contribution in [0.15, 0.2) is 30.5 Å². The average molecular weight is 269 g/mol. The number of nitrogens with zero attached hydrogens (tertiary/aromatic N) is 2. The van der Waals surface area contributed by atoms with Gasteiger partial charge in [0.1, 0.15) is 11.5 Å². The van der Waals surface area contributed by atoms with Gasteiger partial charge in [-0.2, -0.15) is 0 Å². The van der Waals surface area contributed by atoms with Gasteiger partial charge in [-0.05, 0) is 37.0 Å². The Balaban J connectivity index is 1.77. The van der Waals surface area contributed by atoms with Gasteiger partial charge in [-0.1, -0.05) is 19.1 Å². The second kappa shape index (κ2) is 5.49. The Morgan fingerprint density at radius 2 is 2.30 bits per heavy atom. The third kappa shape index (κ3) is 2.59. The van der Waals surface area contributed by atoms with Crippen LogP contribution in [0, 0.1) is 0 Å². The lowest BCUT2D eigenvalue weighted by atomic mass is 10.1. The van der Waals surface area contributed by atoms with Gasteiger partial charge < -0.3 is 9.88 Å². The molecule has 1 aliphatic rings. The largest absolute Gasteiger partial charge is 0.334 e. The van der Waals surface area contributed by atoms with Gasteiger partial charge in [0.15, 0.2) is 0 Å². The molecule has 20 heavy (non-hydrogen) atoms. The van der Waals surface area contributed by atoms with Crippen molar-refractivity contribution in [2.45, 2.75) is 39.2 Å². The Kier molecular flexibility index (Phi) is 3.54. The summed E-state index contributed by atoms with van der Waals surface area (Å²) in [7, 11) is 0. The number of hydrogen-bond donors (Lipinski definition) is 1. The van der Waals surface area contributed by atoms with Crippen molar-refractivity contribution in [2.75, 3.05) is 5.32 Å². The zero-order valence-electron chi connectivity index (χ0n) is 11.7. The summed E-state index contributed by atoms with van der Waals surface area (Å²) in [6.07, 6.45) is 6.13. The van der Waals surface area contributed by atoms with Crippen molar-refractivity contribution in [2.24, 2.45) is 0 Å². The molecule has 0 fully saturated rings. The van der Waals surface area contributed by atoms with Crippen LogP contribution >= 0.6 is 0 Å². The van der Waals surface area contributed by atoms with Gasteiger partial charge in [-0.15, -0.1) is 0 Å². The molecule has 0 radical (unpaired) electrons. The quantitative estimate of drug-likeness (QED) is 0.931. The average Bonchev–Trinajstić information content (AvgIpc) is 2.91. The van der Waals surface area contributed by atoms with E-state index in [4.69, 9.17) is 0 Å². The maximum atomic E-state index is 12.2. The molecule has 104 valence electrons. The number of benzene rings is 1. The maximum absolute atomic E-state index is 12.2. The predicted molar refractivity (Wildman–Crippen MR) is 78.9 cm³/mol. The van der Waals surface area contributed by atoms with Crippen LogP contribution in [0.2, 0.25) is 0 Å². The second-order valence-electron chi connectivity index (χ2n) is 5.20. The SMILES string of the molecule is CCc1cccc(NC(=O)c2cn3c(n2)CCCC3)c1. The molecule has 0 spiro atoms. The molecular weight excluding hydrogens is 250 g/mol. The molecule has 0 unspecified atom stereocenters. The van der Waals surface area contributed by atoms with Gasteiger partial charge in [0.25, 0.3) is 5.91 Å². The Labute approximate surface area is 118 Å². The van der Waals surface area contributed by atoms with Gasteiger partial charge in [-0.3, -0.25) is 4.79 Å². The van der Waals surface area contributed by atoms with Gasteiger partial charge in [0.2, 0.25) is 0 Å². The minimum Gasteiger partial charge on any atom is -0.334 e. The summed E-state index contributed by atoms with van der Waals surface area (Å²) in [6, 6.07) is 7.94. The molecule has 4 heteroatoms. The molecule has 0 saturated carbocycles. The highest BCUT2D eigenvalue weighted by molar-refractivity contribution is 6.02. The van der Waals surface area contributed by atoms with Crippen molar-refractivity contribution >= 4 is 11.6 Å². The summed E-state index contributed by atoms with van der Waals surface area (Å²) < 4.78 is 2.10. The van der Waals surface area contributed by atoms with E-state index in [0.717, 1.165) is 37.3 Å². The van der Waals surface area contributed by atoms with Crippen LogP contribution in [0.3, 0.4) is 0 Å². The zero-order valence-corrected chi connectivity index (χ0v) is 11.7. The number of hydrogen-bond acceptors (Lipinski definition) is 2. The normalized spacial score (nSPS) is 13.8. The Bertz CT molecular complexity index is 607. The molecule has 3 rings (SSSR count). The Hall–Kier alpha value is -2.10. The van der Waals surface area contributed by atoms with E-state index < -0.39 is 0 Å². The first-order valence-corrected chi connectivity index (χ1v) is 7.22. The van der Waals surface area contributed by atoms with E-state index in [1.54, 1.807) is 0 Å². The standard InChI is InChI=1S/C16H19N3O/c1-2-12-6-5-7-13(10-12)17-16(20)14-11-19-9-4-3-8-15(19)18-14/h5-7,10-11H,2-4,8-9H2,1H3,(H,17,20). The highest BCUT2D eigenvalue weighted by Crippen LogP contribution is 2.16. The number of rotatable bonds is 3. The van der Waals surface area contributed by atoms with Crippen molar-refractivity contribution in [3.05, 3.63) is 47.5 Å². The minimum absolute atomic E-state index is 0.125. The fraction of sp³-hybridized carbons (Fsp3) is 0.375. The van der Waals surface area contributed by atoms with Crippen molar-refractivity contribution in [3.63, 3.8) is 0 Å². The topological polar surface area (TPSA) is 46.9 Å². The van der Waals surface area contributed by atoms with E-state index in [-0.39, 0.29) is 5.91 Å². The third-order valence-electron chi connectivity index (χ3n) is 3.73. The number of carbonyl (C=O) groups is 1. The second-order valence-corrected chi connectivity index (χ2v) is 5.20. The van der Waals surface area contributed by atoms with Crippen molar-refractivity contribution in [3.8, 4) is 0 Å². The molecule has 1 aromatic carbocycles. The van der Waals surface area contributed by atoms with Crippen molar-refractivity contribution < 1.29 is 4.79 Å². The lowest BCUT2D eigenvalue weighted by Crippen LogP contribution is -2.12. The minimum atomic E-state index is -0.125. The number of nitrogens with one attached hydrogen (secondary N) is 1. The monoisotopic (exact) mass is 269 g/mol. The molecule has 1 aliphatic heterocycles. The molecule has 1 N–H and O–H groups in total. The van der Waals surface area contributed by atoms with Crippen LogP contribution in [-0.4, -0.2) is 15.5 Å². The van der Waals surface area contributed by atoms with Gasteiger partial charge in [-0.25, -0.2) is 4.98 Å². The first kappa shape index (κ1) is 12.9. The summed E-state index contributed by atoms with van der Waals surface area (Å²) in [5.74, 6) is 0.906. The van der Waals surface area contributed by atoms with Crippen LogP contribution in [0.1, 0.15) is 41.6 Å². The third-order valence-corrected chi connectivity index (χ3v) is 3.73. The summed E-state index contributed by atoms with van der Waals surface area (Å²) in [6.45, 7) is 3.07. The van der Waals surface area contributed by atoms with Crippen LogP contribution in [0.4, 0.5) is 5.69 Å². The molecule has 0 bridgehead atoms. The number of anilines is 1. The molecule has 0 aliphatic carbocycles. The van der Waals surface area contributed by atoms with Crippen LogP contribution in [0.5, 0.6) is 0 Å². The molecule has 1 aromatic heterocycles. The summed E-state index contributed by atoms with van der Waals surface area (Å²) >= 11 is 0. The Morgan fingerprint density at radius 1 is 1.40 bits per heavy atom. The van der Waals surface area contributed by atoms with Crippen LogP contribution in [0.25, 0.3) is 0 Å². The summed E-state index contributed by atoms with van der Waals surface area (Å²) in [5, 5.41) is 2.93. The van der Waals surface area contributed by atoms with Gasteiger partial charge >= 0.3 is 0 Å². The Morgan fingerprint density at radius 3 is 3.10 bits per heavy atom. The summed E-state index contributed by atoms with van der Waals surface area (Å²) in [4.78, 5) is 16.7. The first-order chi connectivity index (χ1) is 9.76. The molecular formula is C16H19N3O.